The molecule has 0 N–H and O–H groups in total. The van der Waals surface area contributed by atoms with E-state index in [9.17, 15) is 13.6 Å². The Hall–Kier alpha value is -3.45. The fraction of sp³-hybridized carbons (Fsp3) is 0.0870. The summed E-state index contributed by atoms with van der Waals surface area (Å²) in [7, 11) is 0. The van der Waals surface area contributed by atoms with Gasteiger partial charge in [-0.2, -0.15) is 0 Å². The second-order valence-corrected chi connectivity index (χ2v) is 5.84. The molecule has 3 aromatic carbocycles. The van der Waals surface area contributed by atoms with Gasteiger partial charge in [-0.15, -0.1) is 0 Å². The van der Waals surface area contributed by atoms with Gasteiger partial charge in [0.15, 0.2) is 11.6 Å². The van der Waals surface area contributed by atoms with Crippen molar-refractivity contribution >= 4 is 5.97 Å². The van der Waals surface area contributed by atoms with Crippen LogP contribution >= 0.6 is 0 Å². The second kappa shape index (κ2) is 8.29. The van der Waals surface area contributed by atoms with Crippen molar-refractivity contribution in [2.24, 2.45) is 0 Å². The third kappa shape index (κ3) is 4.80. The minimum Gasteiger partial charge on any atom is -0.423 e. The van der Waals surface area contributed by atoms with Crippen LogP contribution < -0.4 is 4.74 Å². The molecule has 0 amide bonds. The molecule has 27 heavy (non-hydrogen) atoms. The zero-order valence-electron chi connectivity index (χ0n) is 14.6. The molecule has 0 unspecified atom stereocenters. The highest BCUT2D eigenvalue weighted by Gasteiger charge is 2.10. The van der Waals surface area contributed by atoms with Gasteiger partial charge in [-0.1, -0.05) is 30.9 Å². The summed E-state index contributed by atoms with van der Waals surface area (Å²) in [6.07, 6.45) is 0.982. The number of esters is 1. The molecule has 0 saturated heterocycles. The first-order valence-electron chi connectivity index (χ1n) is 8.43. The van der Waals surface area contributed by atoms with Crippen LogP contribution in [0, 0.1) is 23.5 Å². The smallest absolute Gasteiger partial charge is 0.343 e. The van der Waals surface area contributed by atoms with E-state index in [2.05, 4.69) is 18.8 Å². The Morgan fingerprint density at radius 3 is 2.00 bits per heavy atom. The van der Waals surface area contributed by atoms with Crippen LogP contribution in [0.25, 0.3) is 0 Å². The van der Waals surface area contributed by atoms with Gasteiger partial charge in [-0.05, 0) is 60.5 Å². The van der Waals surface area contributed by atoms with Gasteiger partial charge in [-0.3, -0.25) is 0 Å². The topological polar surface area (TPSA) is 26.3 Å². The van der Waals surface area contributed by atoms with Gasteiger partial charge in [0, 0.05) is 17.2 Å². The quantitative estimate of drug-likeness (QED) is 0.366. The monoisotopic (exact) mass is 362 g/mol. The average molecular weight is 362 g/mol. The highest BCUT2D eigenvalue weighted by molar-refractivity contribution is 5.91. The number of carbonyl (C=O) groups is 1. The minimum absolute atomic E-state index is 0.0571. The lowest BCUT2D eigenvalue weighted by Gasteiger charge is -2.04. The van der Waals surface area contributed by atoms with Crippen LogP contribution in [0.2, 0.25) is 0 Å². The van der Waals surface area contributed by atoms with E-state index in [1.54, 1.807) is 24.3 Å². The summed E-state index contributed by atoms with van der Waals surface area (Å²) in [5.41, 5.74) is 3.20. The van der Waals surface area contributed by atoms with Crippen LogP contribution in [0.5, 0.6) is 5.75 Å². The molecule has 0 bridgehead atoms. The van der Waals surface area contributed by atoms with Crippen molar-refractivity contribution in [2.45, 2.75) is 13.3 Å². The minimum atomic E-state index is -1.07. The summed E-state index contributed by atoms with van der Waals surface area (Å²) in [6.45, 7) is 2.10. The third-order valence-corrected chi connectivity index (χ3v) is 3.94. The molecule has 0 aliphatic heterocycles. The van der Waals surface area contributed by atoms with Crippen molar-refractivity contribution in [3.05, 3.63) is 101 Å². The number of hydrogen-bond donors (Lipinski definition) is 0. The normalized spacial score (nSPS) is 10.0. The van der Waals surface area contributed by atoms with Gasteiger partial charge in [0.2, 0.25) is 0 Å². The molecule has 0 aliphatic rings. The van der Waals surface area contributed by atoms with E-state index in [0.29, 0.717) is 0 Å². The number of halogens is 2. The van der Waals surface area contributed by atoms with Crippen LogP contribution in [0.4, 0.5) is 8.78 Å². The highest BCUT2D eigenvalue weighted by Crippen LogP contribution is 2.17. The summed E-state index contributed by atoms with van der Waals surface area (Å²) in [4.78, 5) is 12.1. The van der Waals surface area contributed by atoms with E-state index in [1.807, 2.05) is 24.3 Å². The van der Waals surface area contributed by atoms with E-state index in [1.165, 1.54) is 11.6 Å². The molecule has 0 heterocycles. The van der Waals surface area contributed by atoms with Gasteiger partial charge in [0.05, 0.1) is 5.56 Å². The Balaban J connectivity index is 1.68. The van der Waals surface area contributed by atoms with Crippen LogP contribution in [0.3, 0.4) is 0 Å². The molecule has 0 aliphatic carbocycles. The lowest BCUT2D eigenvalue weighted by molar-refractivity contribution is 0.0734. The molecule has 2 nitrogen and oxygen atoms in total. The fourth-order valence-electron chi connectivity index (χ4n) is 2.36. The van der Waals surface area contributed by atoms with Crippen molar-refractivity contribution in [3.63, 3.8) is 0 Å². The van der Waals surface area contributed by atoms with Gasteiger partial charge in [-0.25, -0.2) is 13.6 Å². The molecule has 4 heteroatoms. The Labute approximate surface area is 156 Å². The number of hydrogen-bond acceptors (Lipinski definition) is 2. The standard InChI is InChI=1S/C23H16F2O2/c1-2-16-3-5-17(6-4-16)7-8-18-9-11-19(12-10-18)23(26)27-20-13-14-21(24)22(25)15-20/h3-6,9-15H,2H2,1H3. The van der Waals surface area contributed by atoms with Crippen molar-refractivity contribution in [2.75, 3.05) is 0 Å². The lowest BCUT2D eigenvalue weighted by Crippen LogP contribution is -2.08. The summed E-state index contributed by atoms with van der Waals surface area (Å²) in [5, 5.41) is 0. The number of carbonyl (C=O) groups excluding carboxylic acids is 1. The molecule has 0 atom stereocenters. The second-order valence-electron chi connectivity index (χ2n) is 5.84. The molecule has 0 spiro atoms. The third-order valence-electron chi connectivity index (χ3n) is 3.94. The summed E-state index contributed by atoms with van der Waals surface area (Å²) in [6, 6.07) is 17.5. The first-order chi connectivity index (χ1) is 13.0. The Kier molecular flexibility index (Phi) is 5.63. The Morgan fingerprint density at radius 1 is 0.852 bits per heavy atom. The van der Waals surface area contributed by atoms with Crippen LogP contribution in [-0.4, -0.2) is 5.97 Å². The van der Waals surface area contributed by atoms with Gasteiger partial charge >= 0.3 is 5.97 Å². The predicted octanol–water partition coefficient (Wildman–Crippen LogP) is 5.15. The van der Waals surface area contributed by atoms with Crippen molar-refractivity contribution < 1.29 is 18.3 Å². The van der Waals surface area contributed by atoms with Gasteiger partial charge in [0.1, 0.15) is 5.75 Å². The van der Waals surface area contributed by atoms with Crippen molar-refractivity contribution in [1.82, 2.24) is 0 Å². The molecule has 3 aromatic rings. The Morgan fingerprint density at radius 2 is 1.44 bits per heavy atom. The molecule has 0 fully saturated rings. The maximum Gasteiger partial charge on any atom is 0.343 e. The number of benzene rings is 3. The number of ether oxygens (including phenoxy) is 1. The summed E-state index contributed by atoms with van der Waals surface area (Å²) >= 11 is 0. The van der Waals surface area contributed by atoms with Crippen molar-refractivity contribution in [1.29, 1.82) is 0 Å². The first kappa shape index (κ1) is 18.3. The molecule has 0 saturated carbocycles. The largest absolute Gasteiger partial charge is 0.423 e. The lowest BCUT2D eigenvalue weighted by atomic mass is 10.1. The summed E-state index contributed by atoms with van der Waals surface area (Å²) < 4.78 is 31.1. The summed E-state index contributed by atoms with van der Waals surface area (Å²) in [5.74, 6) is 3.32. The fourth-order valence-corrected chi connectivity index (χ4v) is 2.36. The van der Waals surface area contributed by atoms with E-state index < -0.39 is 17.6 Å². The molecule has 0 aromatic heterocycles. The van der Waals surface area contributed by atoms with E-state index in [4.69, 9.17) is 4.74 Å². The van der Waals surface area contributed by atoms with Gasteiger partial charge in [0.25, 0.3) is 0 Å². The molecular weight excluding hydrogens is 346 g/mol. The maximum absolute atomic E-state index is 13.2. The van der Waals surface area contributed by atoms with E-state index >= 15 is 0 Å². The highest BCUT2D eigenvalue weighted by atomic mass is 19.2. The molecule has 0 radical (unpaired) electrons. The zero-order chi connectivity index (χ0) is 19.2. The zero-order valence-corrected chi connectivity index (χ0v) is 14.6. The van der Waals surface area contributed by atoms with Crippen molar-refractivity contribution in [3.8, 4) is 17.6 Å². The van der Waals surface area contributed by atoms with Crippen LogP contribution in [0.15, 0.2) is 66.7 Å². The van der Waals surface area contributed by atoms with E-state index in [-0.39, 0.29) is 11.3 Å². The predicted molar refractivity (Wildman–Crippen MR) is 99.6 cm³/mol. The van der Waals surface area contributed by atoms with Crippen LogP contribution in [0.1, 0.15) is 34.0 Å². The Bertz CT molecular complexity index is 1010. The number of rotatable bonds is 3. The molecular formula is C23H16F2O2. The van der Waals surface area contributed by atoms with Gasteiger partial charge < -0.3 is 4.74 Å². The SMILES string of the molecule is CCc1ccc(C#Cc2ccc(C(=O)Oc3ccc(F)c(F)c3)cc2)cc1. The molecule has 134 valence electrons. The molecule has 3 rings (SSSR count). The van der Waals surface area contributed by atoms with Crippen LogP contribution in [-0.2, 0) is 6.42 Å². The maximum atomic E-state index is 13.2. The average Bonchev–Trinajstić information content (AvgIpc) is 2.70. The van der Waals surface area contributed by atoms with E-state index in [0.717, 1.165) is 29.7 Å². The number of aryl methyl sites for hydroxylation is 1. The first-order valence-corrected chi connectivity index (χ1v) is 8.43.